The summed E-state index contributed by atoms with van der Waals surface area (Å²) in [5.74, 6) is -0.522. The fraction of sp³-hybridized carbons (Fsp3) is 0.367. The smallest absolute Gasteiger partial charge is 0.308 e. The minimum absolute atomic E-state index is 0.00338. The van der Waals surface area contributed by atoms with Gasteiger partial charge in [0.25, 0.3) is 5.91 Å². The lowest BCUT2D eigenvalue weighted by Gasteiger charge is -2.35. The first kappa shape index (κ1) is 46.1. The summed E-state index contributed by atoms with van der Waals surface area (Å²) in [6.45, 7) is 15.3. The molecule has 1 fully saturated rings. The first-order chi connectivity index (χ1) is 31.4. The fourth-order valence-corrected chi connectivity index (χ4v) is 10.5. The van der Waals surface area contributed by atoms with E-state index >= 15 is 0 Å². The number of carbonyl (C=O) groups excluding carboxylic acids is 4. The Morgan fingerprint density at radius 2 is 1.58 bits per heavy atom. The molecule has 6 aromatic rings. The maximum absolute atomic E-state index is 14.3. The van der Waals surface area contributed by atoms with Crippen molar-refractivity contribution >= 4 is 52.1 Å². The summed E-state index contributed by atoms with van der Waals surface area (Å²) in [5.41, 5.74) is 9.30. The van der Waals surface area contributed by atoms with Gasteiger partial charge in [-0.2, -0.15) is 0 Å². The lowest BCUT2D eigenvalue weighted by molar-refractivity contribution is -0.142. The second kappa shape index (κ2) is 18.5. The summed E-state index contributed by atoms with van der Waals surface area (Å²) in [6.07, 6.45) is 0.783. The third-order valence-corrected chi connectivity index (χ3v) is 14.5. The minimum atomic E-state index is -1.03. The average molecular weight is 928 g/mol. The summed E-state index contributed by atoms with van der Waals surface area (Å²) < 4.78 is 7.02. The van der Waals surface area contributed by atoms with E-state index in [0.717, 1.165) is 65.1 Å². The number of aliphatic imine (C=N–C) groups is 1. The first-order valence-electron chi connectivity index (χ1n) is 21.8. The van der Waals surface area contributed by atoms with E-state index in [2.05, 4.69) is 44.6 Å². The van der Waals surface area contributed by atoms with Crippen molar-refractivity contribution in [1.82, 2.24) is 40.3 Å². The van der Waals surface area contributed by atoms with Crippen LogP contribution in [-0.2, 0) is 19.1 Å². The number of benzene rings is 2. The number of ether oxygens (including phenoxy) is 1. The Labute approximate surface area is 391 Å². The monoisotopic (exact) mass is 927 g/mol. The number of hydrogen-bond acceptors (Lipinski definition) is 13. The van der Waals surface area contributed by atoms with Crippen LogP contribution in [0.3, 0.4) is 0 Å². The van der Waals surface area contributed by atoms with E-state index in [1.807, 2.05) is 100 Å². The predicted octanol–water partition coefficient (Wildman–Crippen LogP) is 7.19. The average Bonchev–Trinajstić information content (AvgIpc) is 4.07. The molecule has 2 aromatic carbocycles. The predicted molar refractivity (Wildman–Crippen MR) is 254 cm³/mol. The van der Waals surface area contributed by atoms with Crippen molar-refractivity contribution < 1.29 is 29.0 Å². The van der Waals surface area contributed by atoms with Crippen molar-refractivity contribution in [3.05, 3.63) is 123 Å². The van der Waals surface area contributed by atoms with E-state index in [-0.39, 0.29) is 37.0 Å². The molecular weight excluding hydrogens is 875 g/mol. The molecule has 0 saturated carbocycles. The number of thiophene rings is 1. The maximum Gasteiger partial charge on any atom is 0.308 e. The van der Waals surface area contributed by atoms with Gasteiger partial charge in [-0.3, -0.25) is 33.7 Å². The topological polar surface area (TPSA) is 194 Å². The van der Waals surface area contributed by atoms with Gasteiger partial charge in [-0.05, 0) is 68.4 Å². The lowest BCUT2D eigenvalue weighted by Crippen LogP contribution is -2.58. The number of likely N-dealkylation sites (tertiary alicyclic amines) is 1. The Balaban J connectivity index is 0.965. The second-order valence-electron chi connectivity index (χ2n) is 18.0. The number of pyridine rings is 1. The Kier molecular flexibility index (Phi) is 12.9. The number of methoxy groups -OCH3 is 1. The van der Waals surface area contributed by atoms with Gasteiger partial charge in [-0.15, -0.1) is 32.9 Å². The molecule has 3 N–H and O–H groups in total. The van der Waals surface area contributed by atoms with Crippen LogP contribution >= 0.6 is 22.7 Å². The lowest BCUT2D eigenvalue weighted by atomic mass is 9.85. The summed E-state index contributed by atoms with van der Waals surface area (Å²) in [4.78, 5) is 72.1. The zero-order chi connectivity index (χ0) is 47.2. The van der Waals surface area contributed by atoms with Gasteiger partial charge in [0.05, 0.1) is 47.5 Å². The molecule has 4 aromatic heterocycles. The number of aryl methyl sites for hydroxylation is 3. The molecule has 15 nitrogen and oxygen atoms in total. The molecule has 5 atom stereocenters. The van der Waals surface area contributed by atoms with Gasteiger partial charge < -0.3 is 25.4 Å². The highest BCUT2D eigenvalue weighted by Crippen LogP contribution is 2.40. The van der Waals surface area contributed by atoms with Crippen LogP contribution in [-0.4, -0.2) is 96.0 Å². The zero-order valence-corrected chi connectivity index (χ0v) is 40.0. The van der Waals surface area contributed by atoms with Crippen molar-refractivity contribution in [2.24, 2.45) is 10.4 Å². The van der Waals surface area contributed by atoms with Crippen LogP contribution in [0.15, 0.2) is 77.4 Å². The van der Waals surface area contributed by atoms with Gasteiger partial charge in [0.2, 0.25) is 11.8 Å². The quantitative estimate of drug-likeness (QED) is 0.112. The first-order valence-corrected chi connectivity index (χ1v) is 23.5. The molecule has 342 valence electrons. The zero-order valence-electron chi connectivity index (χ0n) is 38.4. The van der Waals surface area contributed by atoms with Crippen LogP contribution in [0.2, 0.25) is 0 Å². The molecule has 0 aliphatic carbocycles. The molecule has 66 heavy (non-hydrogen) atoms. The van der Waals surface area contributed by atoms with Crippen LogP contribution in [0.1, 0.15) is 108 Å². The molecule has 17 heteroatoms. The van der Waals surface area contributed by atoms with Crippen LogP contribution in [0.25, 0.3) is 26.6 Å². The molecule has 2 aliphatic rings. The Bertz CT molecular complexity index is 2840. The molecule has 0 bridgehead atoms. The number of nitrogens with one attached hydrogen (secondary N) is 2. The summed E-state index contributed by atoms with van der Waals surface area (Å²) in [7, 11) is 1.36. The van der Waals surface area contributed by atoms with E-state index in [1.165, 1.54) is 12.0 Å². The molecule has 0 radical (unpaired) electrons. The number of aliphatic hydroxyl groups is 1. The third kappa shape index (κ3) is 9.06. The van der Waals surface area contributed by atoms with Crippen LogP contribution < -0.4 is 10.6 Å². The number of hydrogen-bond donors (Lipinski definition) is 3. The molecule has 8 rings (SSSR count). The number of β-amino-alcohol motifs (C(OH)–C–C–N with tert-alkyl or cyclic N) is 1. The van der Waals surface area contributed by atoms with E-state index in [1.54, 1.807) is 41.0 Å². The number of esters is 1. The van der Waals surface area contributed by atoms with Crippen LogP contribution in [0.5, 0.6) is 0 Å². The van der Waals surface area contributed by atoms with E-state index in [0.29, 0.717) is 11.6 Å². The van der Waals surface area contributed by atoms with Gasteiger partial charge in [0, 0.05) is 40.7 Å². The molecule has 0 spiro atoms. The Morgan fingerprint density at radius 1 is 0.894 bits per heavy atom. The number of nitrogens with zero attached hydrogens (tertiary/aromatic N) is 7. The molecular formula is C49H53N9O6S2. The highest BCUT2D eigenvalue weighted by molar-refractivity contribution is 7.15. The van der Waals surface area contributed by atoms with Crippen LogP contribution in [0.4, 0.5) is 0 Å². The summed E-state index contributed by atoms with van der Waals surface area (Å²) >= 11 is 3.20. The fourth-order valence-electron chi connectivity index (χ4n) is 8.51. The van der Waals surface area contributed by atoms with E-state index in [9.17, 15) is 24.3 Å². The van der Waals surface area contributed by atoms with Gasteiger partial charge >= 0.3 is 5.97 Å². The van der Waals surface area contributed by atoms with Gasteiger partial charge in [0.1, 0.15) is 34.6 Å². The molecule has 6 heterocycles. The highest BCUT2D eigenvalue weighted by atomic mass is 32.1. The minimum Gasteiger partial charge on any atom is -0.469 e. The Morgan fingerprint density at radius 3 is 2.21 bits per heavy atom. The Hall–Kier alpha value is -6.43. The number of aliphatic hydroxyl groups excluding tert-OH is 1. The molecule has 1 unspecified atom stereocenters. The van der Waals surface area contributed by atoms with Crippen molar-refractivity contribution in [2.75, 3.05) is 13.7 Å². The van der Waals surface area contributed by atoms with Crippen molar-refractivity contribution in [2.45, 2.75) is 98.5 Å². The number of thiazole rings is 1. The number of aromatic nitrogens is 5. The summed E-state index contributed by atoms with van der Waals surface area (Å²) in [5, 5.41) is 26.4. The van der Waals surface area contributed by atoms with Crippen LogP contribution in [0, 0.1) is 33.1 Å². The van der Waals surface area contributed by atoms with Crippen molar-refractivity contribution in [3.8, 4) is 26.6 Å². The van der Waals surface area contributed by atoms with Gasteiger partial charge in [-0.25, -0.2) is 4.98 Å². The van der Waals surface area contributed by atoms with Crippen molar-refractivity contribution in [1.29, 1.82) is 0 Å². The van der Waals surface area contributed by atoms with E-state index < -0.39 is 47.4 Å². The number of amides is 3. The second-order valence-corrected chi connectivity index (χ2v) is 20.0. The van der Waals surface area contributed by atoms with Gasteiger partial charge in [0.15, 0.2) is 5.82 Å². The SMILES string of the molecule is COC(=O)C[C@@H]1N=C(c2ccc(-c3ccc(C(=O)NC(C(=O)N4C[C@H](O)C[C@H]4C(=O)N[C@@H](C)c4ccc(-c5scnc5C)cc4)C(C)(C)C)nc3)cc2)c2c(sc(C)c2C)-n2c(C)nnc21. The summed E-state index contributed by atoms with van der Waals surface area (Å²) in [6, 6.07) is 16.3. The highest BCUT2D eigenvalue weighted by Gasteiger charge is 2.45. The normalized spacial score (nSPS) is 17.8. The number of carbonyl (C=O) groups is 4. The largest absolute Gasteiger partial charge is 0.469 e. The number of rotatable bonds is 11. The number of fused-ring (bicyclic) bond motifs is 3. The molecule has 2 aliphatic heterocycles. The standard InChI is InChI=1S/C49H53N9O6S2/c1-25-28(4)66-48-40(25)41(53-37(21-39(60)64-9)44-56-55-29(5)58(44)48)32-14-12-31(13-15-32)34-18-19-36(50-22-34)45(61)54-43(49(6,7)8)47(63)57-23-35(59)20-38(57)46(62)52-26(2)30-10-16-33(17-11-30)42-27(3)51-24-65-42/h10-19,22,24,26,35,37-38,43,59H,20-21,23H2,1-9H3,(H,52,62)(H,54,61)/t26-,35+,37-,38-,43?/m0/s1. The van der Waals surface area contributed by atoms with E-state index in [4.69, 9.17) is 9.73 Å². The van der Waals surface area contributed by atoms with Crippen molar-refractivity contribution in [3.63, 3.8) is 0 Å². The maximum atomic E-state index is 14.3. The third-order valence-electron chi connectivity index (χ3n) is 12.3. The molecule has 3 amide bonds. The molecule has 1 saturated heterocycles. The van der Waals surface area contributed by atoms with Gasteiger partial charge in [-0.1, -0.05) is 75.4 Å².